The van der Waals surface area contributed by atoms with Crippen molar-refractivity contribution in [3.05, 3.63) is 42.1 Å². The molecule has 0 unspecified atom stereocenters. The molecule has 0 aliphatic rings. The number of ether oxygens (including phenoxy) is 2. The molecule has 8 heteroatoms. The highest BCUT2D eigenvalue weighted by Crippen LogP contribution is 2.28. The van der Waals surface area contributed by atoms with Crippen molar-refractivity contribution < 1.29 is 14.3 Å². The first-order valence-corrected chi connectivity index (χ1v) is 7.53. The lowest BCUT2D eigenvalue weighted by Crippen LogP contribution is -2.23. The molecule has 0 aliphatic carbocycles. The van der Waals surface area contributed by atoms with Gasteiger partial charge in [0.2, 0.25) is 5.91 Å². The van der Waals surface area contributed by atoms with Gasteiger partial charge in [0, 0.05) is 19.2 Å². The van der Waals surface area contributed by atoms with Crippen LogP contribution < -0.4 is 25.8 Å². The van der Waals surface area contributed by atoms with E-state index in [1.54, 1.807) is 44.7 Å². The van der Waals surface area contributed by atoms with Crippen molar-refractivity contribution in [2.75, 3.05) is 24.9 Å². The number of methoxy groups -OCH3 is 2. The van der Waals surface area contributed by atoms with E-state index in [0.717, 1.165) is 5.56 Å². The zero-order valence-electron chi connectivity index (χ0n) is 14.4. The van der Waals surface area contributed by atoms with Gasteiger partial charge in [-0.1, -0.05) is 6.07 Å². The number of nitrogens with two attached hydrogens (primary N) is 1. The molecule has 1 amide bonds. The van der Waals surface area contributed by atoms with Gasteiger partial charge in [-0.15, -0.1) is 0 Å². The Morgan fingerprint density at radius 1 is 1.20 bits per heavy atom. The average Bonchev–Trinajstić information content (AvgIpc) is 2.60. The normalized spacial score (nSPS) is 10.9. The summed E-state index contributed by atoms with van der Waals surface area (Å²) in [6, 6.07) is 8.87. The summed E-state index contributed by atoms with van der Waals surface area (Å²) in [4.78, 5) is 19.4. The average molecular weight is 343 g/mol. The standard InChI is InChI=1S/C17H21N5O3/c1-11(23)21-16-7-4-12(9-19-16)10-20-17(18)22-14-8-13(24-2)5-6-15(14)25-3/h4-9H,10H2,1-3H3,(H3,18,20,22)(H,19,21,23). The molecule has 25 heavy (non-hydrogen) atoms. The largest absolute Gasteiger partial charge is 0.497 e. The fourth-order valence-corrected chi connectivity index (χ4v) is 2.04. The number of aliphatic imine (C=N–C) groups is 1. The zero-order chi connectivity index (χ0) is 18.2. The summed E-state index contributed by atoms with van der Waals surface area (Å²) in [5.74, 6) is 1.86. The van der Waals surface area contributed by atoms with Gasteiger partial charge in [-0.3, -0.25) is 4.79 Å². The number of pyridine rings is 1. The zero-order valence-corrected chi connectivity index (χ0v) is 14.4. The lowest BCUT2D eigenvalue weighted by Gasteiger charge is -2.12. The van der Waals surface area contributed by atoms with Gasteiger partial charge in [-0.25, -0.2) is 9.98 Å². The third-order valence-electron chi connectivity index (χ3n) is 3.23. The Labute approximate surface area is 146 Å². The Balaban J connectivity index is 2.03. The second-order valence-corrected chi connectivity index (χ2v) is 5.13. The molecule has 2 rings (SSSR count). The minimum atomic E-state index is -0.168. The number of amides is 1. The van der Waals surface area contributed by atoms with Crippen LogP contribution in [0.5, 0.6) is 11.5 Å². The monoisotopic (exact) mass is 343 g/mol. The van der Waals surface area contributed by atoms with Gasteiger partial charge in [0.05, 0.1) is 26.5 Å². The van der Waals surface area contributed by atoms with Gasteiger partial charge in [0.15, 0.2) is 5.96 Å². The van der Waals surface area contributed by atoms with Crippen molar-refractivity contribution in [2.45, 2.75) is 13.5 Å². The Morgan fingerprint density at radius 3 is 2.60 bits per heavy atom. The predicted octanol–water partition coefficient (Wildman–Crippen LogP) is 1.98. The Kier molecular flexibility index (Phi) is 6.16. The minimum Gasteiger partial charge on any atom is -0.497 e. The summed E-state index contributed by atoms with van der Waals surface area (Å²) < 4.78 is 10.5. The summed E-state index contributed by atoms with van der Waals surface area (Å²) in [5.41, 5.74) is 7.44. The molecule has 2 aromatic rings. The van der Waals surface area contributed by atoms with Crippen molar-refractivity contribution in [3.8, 4) is 11.5 Å². The number of nitrogens with zero attached hydrogens (tertiary/aromatic N) is 2. The second kappa shape index (κ2) is 8.53. The molecule has 0 fully saturated rings. The van der Waals surface area contributed by atoms with Gasteiger partial charge >= 0.3 is 0 Å². The maximum Gasteiger partial charge on any atom is 0.222 e. The molecule has 0 spiro atoms. The van der Waals surface area contributed by atoms with E-state index in [9.17, 15) is 4.79 Å². The number of carbonyl (C=O) groups is 1. The van der Waals surface area contributed by atoms with E-state index in [2.05, 4.69) is 20.6 Å². The molecule has 1 aromatic heterocycles. The van der Waals surface area contributed by atoms with Crippen LogP contribution in [0.3, 0.4) is 0 Å². The van der Waals surface area contributed by atoms with Crippen LogP contribution in [-0.4, -0.2) is 31.1 Å². The molecule has 0 aliphatic heterocycles. The van der Waals surface area contributed by atoms with Crippen molar-refractivity contribution >= 4 is 23.4 Å². The Morgan fingerprint density at radius 2 is 2.00 bits per heavy atom. The van der Waals surface area contributed by atoms with Crippen molar-refractivity contribution in [1.29, 1.82) is 0 Å². The van der Waals surface area contributed by atoms with Crippen molar-refractivity contribution in [3.63, 3.8) is 0 Å². The van der Waals surface area contributed by atoms with Crippen LogP contribution >= 0.6 is 0 Å². The molecule has 132 valence electrons. The number of benzene rings is 1. The first kappa shape index (κ1) is 18.1. The number of anilines is 2. The first-order valence-electron chi connectivity index (χ1n) is 7.53. The van der Waals surface area contributed by atoms with E-state index in [1.165, 1.54) is 6.92 Å². The molecular formula is C17H21N5O3. The fraction of sp³-hybridized carbons (Fsp3) is 0.235. The van der Waals surface area contributed by atoms with Crippen molar-refractivity contribution in [1.82, 2.24) is 4.98 Å². The Hall–Kier alpha value is -3.29. The van der Waals surface area contributed by atoms with E-state index in [1.807, 2.05) is 6.07 Å². The molecule has 0 saturated carbocycles. The highest BCUT2D eigenvalue weighted by molar-refractivity contribution is 5.94. The maximum atomic E-state index is 11.0. The van der Waals surface area contributed by atoms with Gasteiger partial charge in [0.1, 0.15) is 17.3 Å². The maximum absolute atomic E-state index is 11.0. The molecule has 0 saturated heterocycles. The van der Waals surface area contributed by atoms with Crippen LogP contribution in [0, 0.1) is 0 Å². The third-order valence-corrected chi connectivity index (χ3v) is 3.23. The minimum absolute atomic E-state index is 0.168. The van der Waals surface area contributed by atoms with E-state index in [-0.39, 0.29) is 11.9 Å². The van der Waals surface area contributed by atoms with Crippen LogP contribution in [0.4, 0.5) is 11.5 Å². The number of hydrogen-bond donors (Lipinski definition) is 3. The number of carbonyl (C=O) groups excluding carboxylic acids is 1. The summed E-state index contributed by atoms with van der Waals surface area (Å²) in [6.07, 6.45) is 1.63. The lowest BCUT2D eigenvalue weighted by molar-refractivity contribution is -0.114. The number of guanidine groups is 1. The van der Waals surface area contributed by atoms with Gasteiger partial charge in [-0.05, 0) is 23.8 Å². The van der Waals surface area contributed by atoms with Crippen LogP contribution in [0.15, 0.2) is 41.5 Å². The number of rotatable bonds is 6. The third kappa shape index (κ3) is 5.38. The first-order chi connectivity index (χ1) is 12.0. The topological polar surface area (TPSA) is 111 Å². The van der Waals surface area contributed by atoms with Crippen LogP contribution in [0.1, 0.15) is 12.5 Å². The van der Waals surface area contributed by atoms with Crippen LogP contribution in [-0.2, 0) is 11.3 Å². The van der Waals surface area contributed by atoms with Crippen LogP contribution in [0.2, 0.25) is 0 Å². The molecule has 0 bridgehead atoms. The Bertz CT molecular complexity index is 759. The number of aromatic nitrogens is 1. The summed E-state index contributed by atoms with van der Waals surface area (Å²) in [5, 5.41) is 5.59. The second-order valence-electron chi connectivity index (χ2n) is 5.13. The highest BCUT2D eigenvalue weighted by Gasteiger charge is 2.06. The van der Waals surface area contributed by atoms with Gasteiger partial charge in [-0.2, -0.15) is 0 Å². The summed E-state index contributed by atoms with van der Waals surface area (Å²) >= 11 is 0. The molecule has 1 aromatic carbocycles. The quantitative estimate of drug-likeness (QED) is 0.546. The van der Waals surface area contributed by atoms with Crippen molar-refractivity contribution in [2.24, 2.45) is 10.7 Å². The molecule has 0 radical (unpaired) electrons. The number of nitrogens with one attached hydrogen (secondary N) is 2. The molecule has 0 atom stereocenters. The molecule has 1 heterocycles. The number of hydrogen-bond acceptors (Lipinski definition) is 5. The lowest BCUT2D eigenvalue weighted by atomic mass is 10.2. The van der Waals surface area contributed by atoms with E-state index < -0.39 is 0 Å². The summed E-state index contributed by atoms with van der Waals surface area (Å²) in [7, 11) is 3.16. The SMILES string of the molecule is COc1ccc(OC)c(NC(N)=NCc2ccc(NC(C)=O)nc2)c1. The van der Waals surface area contributed by atoms with Gasteiger partial charge < -0.3 is 25.8 Å². The van der Waals surface area contributed by atoms with Gasteiger partial charge in [0.25, 0.3) is 0 Å². The summed E-state index contributed by atoms with van der Waals surface area (Å²) in [6.45, 7) is 1.78. The smallest absolute Gasteiger partial charge is 0.222 e. The highest BCUT2D eigenvalue weighted by atomic mass is 16.5. The molecular weight excluding hydrogens is 322 g/mol. The van der Waals surface area contributed by atoms with E-state index in [4.69, 9.17) is 15.2 Å². The van der Waals surface area contributed by atoms with E-state index >= 15 is 0 Å². The van der Waals surface area contributed by atoms with E-state index in [0.29, 0.717) is 29.5 Å². The predicted molar refractivity (Wildman–Crippen MR) is 97.0 cm³/mol. The van der Waals surface area contributed by atoms with Crippen LogP contribution in [0.25, 0.3) is 0 Å². The molecule has 4 N–H and O–H groups in total. The molecule has 8 nitrogen and oxygen atoms in total. The fourth-order valence-electron chi connectivity index (χ4n) is 2.04.